The first kappa shape index (κ1) is 16.9. The molecule has 1 fully saturated rings. The molecule has 118 valence electrons. The molecule has 21 heavy (non-hydrogen) atoms. The second-order valence-electron chi connectivity index (χ2n) is 5.95. The van der Waals surface area contributed by atoms with E-state index in [4.69, 9.17) is 0 Å². The first-order chi connectivity index (χ1) is 9.78. The largest absolute Gasteiger partial charge is 0.392 e. The molecule has 1 aromatic carbocycles. The first-order valence-corrected chi connectivity index (χ1v) is 9.44. The van der Waals surface area contributed by atoms with Gasteiger partial charge in [-0.1, -0.05) is 19.9 Å². The van der Waals surface area contributed by atoms with E-state index in [1.165, 1.54) is 0 Å². The van der Waals surface area contributed by atoms with E-state index in [1.54, 1.807) is 16.4 Å². The van der Waals surface area contributed by atoms with Gasteiger partial charge in [0, 0.05) is 17.1 Å². The summed E-state index contributed by atoms with van der Waals surface area (Å²) in [5, 5.41) is 9.32. The minimum Gasteiger partial charge on any atom is -0.392 e. The van der Waals surface area contributed by atoms with E-state index in [1.807, 2.05) is 6.92 Å². The maximum absolute atomic E-state index is 13.0. The minimum absolute atomic E-state index is 0.0555. The zero-order valence-corrected chi connectivity index (χ0v) is 15.0. The Hall–Kier alpha value is -0.430. The lowest BCUT2D eigenvalue weighted by Crippen LogP contribution is -2.38. The molecule has 1 saturated heterocycles. The van der Waals surface area contributed by atoms with Crippen molar-refractivity contribution < 1.29 is 13.5 Å². The maximum Gasteiger partial charge on any atom is 0.244 e. The number of nitrogens with zero attached hydrogens (tertiary/aromatic N) is 1. The fourth-order valence-corrected chi connectivity index (χ4v) is 5.80. The third-order valence-corrected chi connectivity index (χ3v) is 7.33. The predicted molar refractivity (Wildman–Crippen MR) is 86.6 cm³/mol. The third-order valence-electron chi connectivity index (χ3n) is 4.07. The highest BCUT2D eigenvalue weighted by atomic mass is 79.9. The highest BCUT2D eigenvalue weighted by molar-refractivity contribution is 9.10. The smallest absolute Gasteiger partial charge is 0.244 e. The van der Waals surface area contributed by atoms with Crippen LogP contribution in [0, 0.1) is 12.8 Å². The van der Waals surface area contributed by atoms with Crippen LogP contribution in [0.4, 0.5) is 0 Å². The second kappa shape index (κ2) is 6.36. The van der Waals surface area contributed by atoms with Crippen molar-refractivity contribution in [3.05, 3.63) is 27.7 Å². The minimum atomic E-state index is -3.54. The van der Waals surface area contributed by atoms with Crippen LogP contribution in [0.2, 0.25) is 0 Å². The summed E-state index contributed by atoms with van der Waals surface area (Å²) in [5.41, 5.74) is 1.44. The number of hydrogen-bond acceptors (Lipinski definition) is 3. The van der Waals surface area contributed by atoms with Gasteiger partial charge in [-0.2, -0.15) is 4.31 Å². The molecule has 1 aliphatic heterocycles. The number of aryl methyl sites for hydroxylation is 1. The Morgan fingerprint density at radius 2 is 2.10 bits per heavy atom. The Bertz CT molecular complexity index is 628. The average Bonchev–Trinajstić information content (AvgIpc) is 2.91. The predicted octanol–water partition coefficient (Wildman–Crippen LogP) is 3.06. The molecule has 0 saturated carbocycles. The van der Waals surface area contributed by atoms with Gasteiger partial charge in [-0.3, -0.25) is 0 Å². The summed E-state index contributed by atoms with van der Waals surface area (Å²) < 4.78 is 28.2. The van der Waals surface area contributed by atoms with Crippen molar-refractivity contribution in [1.82, 2.24) is 4.31 Å². The van der Waals surface area contributed by atoms with E-state index < -0.39 is 10.0 Å². The fourth-order valence-electron chi connectivity index (χ4n) is 2.94. The molecule has 0 amide bonds. The molecular formula is C15H22BrNO3S. The van der Waals surface area contributed by atoms with Gasteiger partial charge >= 0.3 is 0 Å². The van der Waals surface area contributed by atoms with Crippen molar-refractivity contribution in [2.24, 2.45) is 5.92 Å². The highest BCUT2D eigenvalue weighted by Gasteiger charge is 2.37. The van der Waals surface area contributed by atoms with Crippen molar-refractivity contribution in [1.29, 1.82) is 0 Å². The molecule has 0 radical (unpaired) electrons. The van der Waals surface area contributed by atoms with Gasteiger partial charge < -0.3 is 5.11 Å². The summed E-state index contributed by atoms with van der Waals surface area (Å²) in [4.78, 5) is 0.263. The molecule has 0 aliphatic carbocycles. The standard InChI is InChI=1S/C15H22BrNO3S/c1-10(2)13-5-4-6-17(13)21(19,20)14-8-12(9-18)7-11(3)15(14)16/h7-8,10,13,18H,4-6,9H2,1-3H3. The molecule has 0 aromatic heterocycles. The topological polar surface area (TPSA) is 57.6 Å². The van der Waals surface area contributed by atoms with Crippen molar-refractivity contribution >= 4 is 26.0 Å². The van der Waals surface area contributed by atoms with E-state index in [9.17, 15) is 13.5 Å². The Balaban J connectivity index is 2.51. The van der Waals surface area contributed by atoms with Gasteiger partial charge in [0.05, 0.1) is 11.5 Å². The third kappa shape index (κ3) is 3.18. The summed E-state index contributed by atoms with van der Waals surface area (Å²) in [7, 11) is -3.54. The molecule has 1 atom stereocenters. The summed E-state index contributed by atoms with van der Waals surface area (Å²) in [6, 6.07) is 3.43. The van der Waals surface area contributed by atoms with Crippen LogP contribution in [0.1, 0.15) is 37.8 Å². The Morgan fingerprint density at radius 3 is 2.67 bits per heavy atom. The summed E-state index contributed by atoms with van der Waals surface area (Å²) in [6.45, 7) is 6.36. The van der Waals surface area contributed by atoms with Crippen molar-refractivity contribution in [3.63, 3.8) is 0 Å². The molecule has 1 heterocycles. The molecule has 1 aliphatic rings. The zero-order chi connectivity index (χ0) is 15.8. The zero-order valence-electron chi connectivity index (χ0n) is 12.6. The van der Waals surface area contributed by atoms with Gasteiger partial charge in [0.1, 0.15) is 0 Å². The Kier molecular flexibility index (Phi) is 5.13. The lowest BCUT2D eigenvalue weighted by Gasteiger charge is -2.27. The van der Waals surface area contributed by atoms with Crippen LogP contribution >= 0.6 is 15.9 Å². The maximum atomic E-state index is 13.0. The molecule has 1 unspecified atom stereocenters. The SMILES string of the molecule is Cc1cc(CO)cc(S(=O)(=O)N2CCCC2C(C)C)c1Br. The van der Waals surface area contributed by atoms with Gasteiger partial charge in [-0.05, 0) is 58.8 Å². The Morgan fingerprint density at radius 1 is 1.43 bits per heavy atom. The number of hydrogen-bond donors (Lipinski definition) is 1. The summed E-state index contributed by atoms with van der Waals surface area (Å²) >= 11 is 3.40. The van der Waals surface area contributed by atoms with E-state index in [0.717, 1.165) is 18.4 Å². The van der Waals surface area contributed by atoms with E-state index in [-0.39, 0.29) is 17.5 Å². The molecule has 1 N–H and O–H groups in total. The number of aliphatic hydroxyl groups excluding tert-OH is 1. The number of halogens is 1. The summed E-state index contributed by atoms with van der Waals surface area (Å²) in [5.74, 6) is 0.295. The van der Waals surface area contributed by atoms with Gasteiger partial charge in [0.15, 0.2) is 0 Å². The highest BCUT2D eigenvalue weighted by Crippen LogP contribution is 2.35. The molecular weight excluding hydrogens is 354 g/mol. The lowest BCUT2D eigenvalue weighted by atomic mass is 10.0. The van der Waals surface area contributed by atoms with Crippen LogP contribution in [-0.2, 0) is 16.6 Å². The summed E-state index contributed by atoms with van der Waals surface area (Å²) in [6.07, 6.45) is 1.81. The lowest BCUT2D eigenvalue weighted by molar-refractivity contribution is 0.281. The van der Waals surface area contributed by atoms with Crippen LogP contribution in [0.25, 0.3) is 0 Å². The molecule has 0 bridgehead atoms. The molecule has 4 nitrogen and oxygen atoms in total. The van der Waals surface area contributed by atoms with Crippen LogP contribution in [0.15, 0.2) is 21.5 Å². The van der Waals surface area contributed by atoms with E-state index in [0.29, 0.717) is 22.5 Å². The van der Waals surface area contributed by atoms with Crippen LogP contribution in [0.3, 0.4) is 0 Å². The normalized spacial score (nSPS) is 20.4. The van der Waals surface area contributed by atoms with Crippen molar-refractivity contribution in [3.8, 4) is 0 Å². The van der Waals surface area contributed by atoms with E-state index >= 15 is 0 Å². The van der Waals surface area contributed by atoms with Gasteiger partial charge in [-0.25, -0.2) is 8.42 Å². The van der Waals surface area contributed by atoms with Gasteiger partial charge in [0.2, 0.25) is 10.0 Å². The quantitative estimate of drug-likeness (QED) is 0.879. The van der Waals surface area contributed by atoms with Crippen LogP contribution in [-0.4, -0.2) is 30.4 Å². The number of benzene rings is 1. The van der Waals surface area contributed by atoms with Crippen LogP contribution < -0.4 is 0 Å². The van der Waals surface area contributed by atoms with Crippen molar-refractivity contribution in [2.75, 3.05) is 6.54 Å². The van der Waals surface area contributed by atoms with E-state index in [2.05, 4.69) is 29.8 Å². The van der Waals surface area contributed by atoms with Gasteiger partial charge in [-0.15, -0.1) is 0 Å². The molecule has 2 rings (SSSR count). The Labute approximate surface area is 135 Å². The first-order valence-electron chi connectivity index (χ1n) is 7.20. The van der Waals surface area contributed by atoms with Crippen molar-refractivity contribution in [2.45, 2.75) is 51.2 Å². The number of sulfonamides is 1. The average molecular weight is 376 g/mol. The fraction of sp³-hybridized carbons (Fsp3) is 0.600. The van der Waals surface area contributed by atoms with Crippen LogP contribution in [0.5, 0.6) is 0 Å². The molecule has 1 aromatic rings. The second-order valence-corrected chi connectivity index (χ2v) is 8.60. The number of rotatable bonds is 4. The van der Waals surface area contributed by atoms with Gasteiger partial charge in [0.25, 0.3) is 0 Å². The molecule has 0 spiro atoms. The number of aliphatic hydroxyl groups is 1. The monoisotopic (exact) mass is 375 g/mol. The molecule has 6 heteroatoms.